The highest BCUT2D eigenvalue weighted by Crippen LogP contribution is 1.48. The van der Waals surface area contributed by atoms with Crippen molar-refractivity contribution in [2.75, 3.05) is 0 Å². The van der Waals surface area contributed by atoms with E-state index in [9.17, 15) is 4.79 Å². The third kappa shape index (κ3) is 3.05. The van der Waals surface area contributed by atoms with E-state index in [2.05, 4.69) is 4.79 Å². The van der Waals surface area contributed by atoms with Gasteiger partial charge < -0.3 is 0 Å². The van der Waals surface area contributed by atoms with Gasteiger partial charge in [-0.15, -0.1) is 0 Å². The first-order chi connectivity index (χ1) is 2.77. The van der Waals surface area contributed by atoms with Gasteiger partial charge in [-0.25, -0.2) is 0 Å². The number of carbonyl (C=O) groups excluding carboxylic acids is 1. The van der Waals surface area contributed by atoms with E-state index >= 15 is 0 Å². The van der Waals surface area contributed by atoms with E-state index in [0.29, 0.717) is 0 Å². The van der Waals surface area contributed by atoms with Crippen LogP contribution in [0.5, 0.6) is 0 Å². The highest BCUT2D eigenvalue weighted by molar-refractivity contribution is 6.23. The number of nitrogens with zero attached hydrogens (tertiary/aromatic N) is 1. The minimum absolute atomic E-state index is 0.190. The second-order valence-corrected chi connectivity index (χ2v) is 0.869. The van der Waals surface area contributed by atoms with E-state index in [1.165, 1.54) is 6.92 Å². The zero-order valence-corrected chi connectivity index (χ0v) is 3.43. The van der Waals surface area contributed by atoms with E-state index in [0.717, 1.165) is 6.21 Å². The predicted octanol–water partition coefficient (Wildman–Crippen LogP) is -0.115. The Morgan fingerprint density at radius 1 is 2.00 bits per heavy atom. The van der Waals surface area contributed by atoms with Gasteiger partial charge >= 0.3 is 6.21 Å². The molecular weight excluding hydrogens is 80.0 g/mol. The van der Waals surface area contributed by atoms with Crippen LogP contribution in [-0.4, -0.2) is 16.8 Å². The molecule has 0 saturated carbocycles. The molecule has 0 aliphatic heterocycles. The quantitative estimate of drug-likeness (QED) is 0.269. The minimum atomic E-state index is -0.190. The fourth-order valence-electron chi connectivity index (χ4n) is 0.0909. The second-order valence-electron chi connectivity index (χ2n) is 0.869. The number of hydrogen-bond acceptors (Lipinski definition) is 2. The lowest BCUT2D eigenvalue weighted by molar-refractivity contribution is -0.130. The Bertz CT molecular complexity index is 101. The highest BCUT2D eigenvalue weighted by Gasteiger charge is 1.87. The van der Waals surface area contributed by atoms with Crippen molar-refractivity contribution in [2.24, 2.45) is 0 Å². The average Bonchev–Trinajstić information content (AvgIpc) is 1.35. The zero-order chi connectivity index (χ0) is 4.99. The van der Waals surface area contributed by atoms with Crippen molar-refractivity contribution in [3.63, 3.8) is 0 Å². The number of nitrogens with one attached hydrogen (secondary N) is 1. The zero-order valence-electron chi connectivity index (χ0n) is 3.43. The molecule has 0 bridgehead atoms. The lowest BCUT2D eigenvalue weighted by atomic mass is 10.5. The summed E-state index contributed by atoms with van der Waals surface area (Å²) in [6, 6.07) is 0. The van der Waals surface area contributed by atoms with Gasteiger partial charge in [0.25, 0.3) is 0 Å². The molecule has 0 aliphatic carbocycles. The number of hydrogen-bond donors (Lipinski definition) is 1. The maximum atomic E-state index is 9.77. The van der Waals surface area contributed by atoms with Crippen LogP contribution < -0.4 is 0 Å². The largest absolute Gasteiger partial charge is 0.372 e. The standard InChI is InChI=1S/C3H5N2O/c1-3(6)2-5-4/h2,4H,1H3/q+1. The molecule has 0 atom stereocenters. The summed E-state index contributed by atoms with van der Waals surface area (Å²) in [6.45, 7) is 1.35. The van der Waals surface area contributed by atoms with Gasteiger partial charge in [0.2, 0.25) is 5.78 Å². The number of carbonyl (C=O) groups is 1. The molecule has 0 amide bonds. The first-order valence-electron chi connectivity index (χ1n) is 1.47. The first-order valence-corrected chi connectivity index (χ1v) is 1.47. The molecule has 0 aromatic carbocycles. The van der Waals surface area contributed by atoms with Gasteiger partial charge in [-0.2, -0.15) is 0 Å². The van der Waals surface area contributed by atoms with Gasteiger partial charge in [-0.05, 0) is 0 Å². The van der Waals surface area contributed by atoms with Crippen LogP contribution in [0.2, 0.25) is 0 Å². The smallest absolute Gasteiger partial charge is 0.287 e. The second kappa shape index (κ2) is 2.30. The van der Waals surface area contributed by atoms with Crippen LogP contribution in [0.3, 0.4) is 0 Å². The first kappa shape index (κ1) is 5.05. The highest BCUT2D eigenvalue weighted by atomic mass is 16.1. The van der Waals surface area contributed by atoms with Gasteiger partial charge in [0, 0.05) is 6.92 Å². The predicted molar refractivity (Wildman–Crippen MR) is 19.7 cm³/mol. The van der Waals surface area contributed by atoms with E-state index in [-0.39, 0.29) is 5.78 Å². The normalized spacial score (nSPS) is 6.17. The third-order valence-corrected chi connectivity index (χ3v) is 0.246. The van der Waals surface area contributed by atoms with Crippen molar-refractivity contribution >= 4 is 12.0 Å². The van der Waals surface area contributed by atoms with Crippen molar-refractivity contribution in [3.8, 4) is 0 Å². The number of rotatable bonds is 1. The van der Waals surface area contributed by atoms with Crippen LogP contribution in [0.25, 0.3) is 0 Å². The van der Waals surface area contributed by atoms with Crippen molar-refractivity contribution in [1.29, 1.82) is 5.53 Å². The molecule has 32 valence electrons. The van der Waals surface area contributed by atoms with E-state index in [1.807, 2.05) is 0 Å². The van der Waals surface area contributed by atoms with Crippen molar-refractivity contribution in [2.45, 2.75) is 6.92 Å². The molecule has 0 aliphatic rings. The topological polar surface area (TPSA) is 55.0 Å². The van der Waals surface area contributed by atoms with Crippen molar-refractivity contribution in [1.82, 2.24) is 0 Å². The van der Waals surface area contributed by atoms with Crippen LogP contribution in [0, 0.1) is 5.53 Å². The van der Waals surface area contributed by atoms with Crippen molar-refractivity contribution in [3.05, 3.63) is 0 Å². The summed E-state index contributed by atoms with van der Waals surface area (Å²) in [5.41, 5.74) is 6.08. The molecular formula is C3H5N2O+. The molecule has 0 radical (unpaired) electrons. The van der Waals surface area contributed by atoms with Gasteiger partial charge in [0.1, 0.15) is 0 Å². The van der Waals surface area contributed by atoms with E-state index in [4.69, 9.17) is 5.53 Å². The van der Waals surface area contributed by atoms with Gasteiger partial charge in [-0.3, -0.25) is 4.79 Å². The van der Waals surface area contributed by atoms with E-state index < -0.39 is 0 Å². The average molecular weight is 85.1 g/mol. The Morgan fingerprint density at radius 3 is 2.50 bits per heavy atom. The monoisotopic (exact) mass is 85.0 g/mol. The third-order valence-electron chi connectivity index (χ3n) is 0.246. The molecule has 3 nitrogen and oxygen atoms in total. The van der Waals surface area contributed by atoms with Gasteiger partial charge in [0.05, 0.1) is 10.3 Å². The summed E-state index contributed by atoms with van der Waals surface area (Å²) in [6.07, 6.45) is 0.944. The summed E-state index contributed by atoms with van der Waals surface area (Å²) in [7, 11) is 0. The maximum Gasteiger partial charge on any atom is 0.372 e. The Balaban J connectivity index is 3.60. The molecule has 3 heteroatoms. The van der Waals surface area contributed by atoms with Gasteiger partial charge in [-0.1, -0.05) is 0 Å². The molecule has 0 rings (SSSR count). The Morgan fingerprint density at radius 2 is 2.50 bits per heavy atom. The molecule has 0 unspecified atom stereocenters. The minimum Gasteiger partial charge on any atom is -0.287 e. The summed E-state index contributed by atoms with van der Waals surface area (Å²) in [5, 5.41) is 0. The molecule has 0 aromatic heterocycles. The number of Topliss-reactive ketones (excluding diaryl/α,β-unsaturated/α-hetero) is 1. The SMILES string of the molecule is CC(=O)C=[N+]=N. The molecule has 6 heavy (non-hydrogen) atoms. The molecule has 0 heterocycles. The molecule has 1 N–H and O–H groups in total. The molecule has 0 fully saturated rings. The molecule has 0 spiro atoms. The summed E-state index contributed by atoms with van der Waals surface area (Å²) in [4.78, 5) is 12.5. The fourth-order valence-corrected chi connectivity index (χ4v) is 0.0909. The van der Waals surface area contributed by atoms with Crippen LogP contribution in [0.15, 0.2) is 0 Å². The van der Waals surface area contributed by atoms with Crippen LogP contribution in [0.1, 0.15) is 6.92 Å². The fraction of sp³-hybridized carbons (Fsp3) is 0.333. The Kier molecular flexibility index (Phi) is 1.93. The Hall–Kier alpha value is -0.950. The summed E-state index contributed by atoms with van der Waals surface area (Å²) in [5.74, 6) is -0.190. The lowest BCUT2D eigenvalue weighted by Gasteiger charge is -1.51. The van der Waals surface area contributed by atoms with Gasteiger partial charge in [0.15, 0.2) is 0 Å². The lowest BCUT2D eigenvalue weighted by Crippen LogP contribution is -1.88. The molecule has 0 aromatic rings. The Labute approximate surface area is 35.2 Å². The van der Waals surface area contributed by atoms with Crippen LogP contribution >= 0.6 is 0 Å². The van der Waals surface area contributed by atoms with Crippen LogP contribution in [-0.2, 0) is 4.79 Å². The maximum absolute atomic E-state index is 9.77. The summed E-state index contributed by atoms with van der Waals surface area (Å²) < 4.78 is 0. The summed E-state index contributed by atoms with van der Waals surface area (Å²) >= 11 is 0. The van der Waals surface area contributed by atoms with Crippen molar-refractivity contribution < 1.29 is 9.58 Å². The van der Waals surface area contributed by atoms with E-state index in [1.54, 1.807) is 0 Å². The van der Waals surface area contributed by atoms with Crippen LogP contribution in [0.4, 0.5) is 0 Å². The molecule has 0 saturated heterocycles. The number of ketones is 1.